The second kappa shape index (κ2) is 4.59. The zero-order valence-electron chi connectivity index (χ0n) is 7.52. The van der Waals surface area contributed by atoms with Crippen LogP contribution in [0.15, 0.2) is 41.3 Å². The Morgan fingerprint density at radius 1 is 1.20 bits per heavy atom. The van der Waals surface area contributed by atoms with Gasteiger partial charge in [-0.2, -0.15) is 0 Å². The van der Waals surface area contributed by atoms with E-state index in [1.54, 1.807) is 30.7 Å². The fourth-order valence-electron chi connectivity index (χ4n) is 0.992. The van der Waals surface area contributed by atoms with E-state index in [9.17, 15) is 0 Å². The van der Waals surface area contributed by atoms with E-state index in [4.69, 9.17) is 16.3 Å². The molecule has 0 saturated carbocycles. The van der Waals surface area contributed by atoms with E-state index in [1.807, 2.05) is 6.07 Å². The molecular weight excluding hydrogens is 279 g/mol. The molecule has 0 bridgehead atoms. The van der Waals surface area contributed by atoms with Gasteiger partial charge in [-0.15, -0.1) is 0 Å². The van der Waals surface area contributed by atoms with Crippen molar-refractivity contribution >= 4 is 27.5 Å². The molecule has 0 N–H and O–H groups in total. The van der Waals surface area contributed by atoms with Crippen LogP contribution in [-0.2, 0) is 0 Å². The van der Waals surface area contributed by atoms with Gasteiger partial charge in [0.25, 0.3) is 0 Å². The summed E-state index contributed by atoms with van der Waals surface area (Å²) in [6, 6.07) is 5.28. The van der Waals surface area contributed by atoms with Crippen molar-refractivity contribution in [2.45, 2.75) is 0 Å². The third-order valence-corrected chi connectivity index (χ3v) is 2.28. The third kappa shape index (κ3) is 2.91. The van der Waals surface area contributed by atoms with E-state index >= 15 is 0 Å². The predicted octanol–water partition coefficient (Wildman–Crippen LogP) is 3.68. The van der Waals surface area contributed by atoms with Crippen LogP contribution in [0.4, 0.5) is 0 Å². The Labute approximate surface area is 100 Å². The summed E-state index contributed by atoms with van der Waals surface area (Å²) in [6.45, 7) is 0. The molecule has 3 nitrogen and oxygen atoms in total. The lowest BCUT2D eigenvalue weighted by Crippen LogP contribution is -1.87. The van der Waals surface area contributed by atoms with Crippen LogP contribution in [0.25, 0.3) is 0 Å². The maximum Gasteiger partial charge on any atom is 0.219 e. The van der Waals surface area contributed by atoms with E-state index < -0.39 is 0 Å². The first-order chi connectivity index (χ1) is 7.24. The number of pyridine rings is 2. The van der Waals surface area contributed by atoms with Crippen LogP contribution in [0.5, 0.6) is 11.6 Å². The second-order valence-electron chi connectivity index (χ2n) is 2.76. The molecule has 2 aromatic rings. The van der Waals surface area contributed by atoms with Crippen molar-refractivity contribution < 1.29 is 4.74 Å². The Kier molecular flexibility index (Phi) is 3.18. The monoisotopic (exact) mass is 284 g/mol. The molecule has 0 amide bonds. The summed E-state index contributed by atoms with van der Waals surface area (Å²) in [5.74, 6) is 1.07. The molecule has 0 fully saturated rings. The molecule has 0 aliphatic carbocycles. The van der Waals surface area contributed by atoms with Gasteiger partial charge in [0.1, 0.15) is 5.75 Å². The van der Waals surface area contributed by atoms with E-state index in [0.29, 0.717) is 16.7 Å². The molecular formula is C10H6BrClN2O. The number of halogens is 2. The van der Waals surface area contributed by atoms with Crippen LogP contribution < -0.4 is 4.74 Å². The van der Waals surface area contributed by atoms with Crippen LogP contribution in [0.1, 0.15) is 0 Å². The highest BCUT2D eigenvalue weighted by Gasteiger charge is 1.99. The minimum Gasteiger partial charge on any atom is -0.437 e. The summed E-state index contributed by atoms with van der Waals surface area (Å²) in [6.07, 6.45) is 4.78. The standard InChI is InChI=1S/C10H6BrClN2O/c11-7-1-2-10(14-4-7)15-9-3-8(12)5-13-6-9/h1-6H. The molecule has 0 aliphatic rings. The largest absolute Gasteiger partial charge is 0.437 e. The van der Waals surface area contributed by atoms with Crippen LogP contribution in [-0.4, -0.2) is 9.97 Å². The Balaban J connectivity index is 2.18. The molecule has 2 rings (SSSR count). The molecule has 0 aromatic carbocycles. The van der Waals surface area contributed by atoms with Crippen LogP contribution >= 0.6 is 27.5 Å². The van der Waals surface area contributed by atoms with E-state index in [-0.39, 0.29) is 0 Å². The summed E-state index contributed by atoms with van der Waals surface area (Å²) in [5.41, 5.74) is 0. The molecule has 0 unspecified atom stereocenters. The number of hydrogen-bond donors (Lipinski definition) is 0. The van der Waals surface area contributed by atoms with Gasteiger partial charge < -0.3 is 4.74 Å². The first-order valence-corrected chi connectivity index (χ1v) is 5.31. The van der Waals surface area contributed by atoms with Gasteiger partial charge in [-0.1, -0.05) is 11.6 Å². The molecule has 0 spiro atoms. The normalized spacial score (nSPS) is 10.0. The predicted molar refractivity (Wildman–Crippen MR) is 61.3 cm³/mol. The minimum atomic E-state index is 0.502. The molecule has 0 aliphatic heterocycles. The molecule has 0 saturated heterocycles. The molecule has 0 radical (unpaired) electrons. The molecule has 0 atom stereocenters. The lowest BCUT2D eigenvalue weighted by molar-refractivity contribution is 0.460. The SMILES string of the molecule is Clc1cncc(Oc2ccc(Br)cn2)c1. The lowest BCUT2D eigenvalue weighted by Gasteiger charge is -2.03. The molecule has 15 heavy (non-hydrogen) atoms. The number of hydrogen-bond acceptors (Lipinski definition) is 3. The van der Waals surface area contributed by atoms with Gasteiger partial charge in [-0.3, -0.25) is 4.98 Å². The fourth-order valence-corrected chi connectivity index (χ4v) is 1.39. The average Bonchev–Trinajstić information content (AvgIpc) is 2.22. The van der Waals surface area contributed by atoms with Crippen LogP contribution in [0.2, 0.25) is 5.02 Å². The summed E-state index contributed by atoms with van der Waals surface area (Å²) < 4.78 is 6.34. The van der Waals surface area contributed by atoms with Crippen molar-refractivity contribution in [1.82, 2.24) is 9.97 Å². The zero-order valence-corrected chi connectivity index (χ0v) is 9.86. The summed E-state index contributed by atoms with van der Waals surface area (Å²) in [7, 11) is 0. The fraction of sp³-hybridized carbons (Fsp3) is 0. The smallest absolute Gasteiger partial charge is 0.219 e. The van der Waals surface area contributed by atoms with Crippen molar-refractivity contribution in [3.8, 4) is 11.6 Å². The topological polar surface area (TPSA) is 35.0 Å². The molecule has 2 aromatic heterocycles. The Bertz CT molecular complexity index is 461. The first kappa shape index (κ1) is 10.4. The summed E-state index contributed by atoms with van der Waals surface area (Å²) in [4.78, 5) is 7.97. The maximum absolute atomic E-state index is 5.77. The van der Waals surface area contributed by atoms with Gasteiger partial charge in [-0.05, 0) is 22.0 Å². The molecule has 76 valence electrons. The lowest BCUT2D eigenvalue weighted by atomic mass is 10.4. The quantitative estimate of drug-likeness (QED) is 0.844. The van der Waals surface area contributed by atoms with Gasteiger partial charge >= 0.3 is 0 Å². The maximum atomic E-state index is 5.77. The van der Waals surface area contributed by atoms with Crippen molar-refractivity contribution in [1.29, 1.82) is 0 Å². The number of rotatable bonds is 2. The highest BCUT2D eigenvalue weighted by atomic mass is 79.9. The highest BCUT2D eigenvalue weighted by Crippen LogP contribution is 2.22. The van der Waals surface area contributed by atoms with Crippen molar-refractivity contribution in [2.75, 3.05) is 0 Å². The Morgan fingerprint density at radius 3 is 2.73 bits per heavy atom. The zero-order chi connectivity index (χ0) is 10.7. The van der Waals surface area contributed by atoms with Crippen molar-refractivity contribution in [3.63, 3.8) is 0 Å². The van der Waals surface area contributed by atoms with Crippen molar-refractivity contribution in [2.24, 2.45) is 0 Å². The van der Waals surface area contributed by atoms with Gasteiger partial charge in [-0.25, -0.2) is 4.98 Å². The molecule has 5 heteroatoms. The van der Waals surface area contributed by atoms with Gasteiger partial charge in [0.15, 0.2) is 0 Å². The van der Waals surface area contributed by atoms with E-state index in [0.717, 1.165) is 4.47 Å². The van der Waals surface area contributed by atoms with E-state index in [2.05, 4.69) is 25.9 Å². The highest BCUT2D eigenvalue weighted by molar-refractivity contribution is 9.10. The number of ether oxygens (including phenoxy) is 1. The third-order valence-electron chi connectivity index (χ3n) is 1.60. The average molecular weight is 286 g/mol. The van der Waals surface area contributed by atoms with E-state index in [1.165, 1.54) is 0 Å². The Hall–Kier alpha value is -1.13. The first-order valence-electron chi connectivity index (χ1n) is 4.14. The summed E-state index contributed by atoms with van der Waals surface area (Å²) in [5, 5.41) is 0.532. The number of nitrogens with zero attached hydrogens (tertiary/aromatic N) is 2. The Morgan fingerprint density at radius 2 is 2.07 bits per heavy atom. The van der Waals surface area contributed by atoms with Crippen LogP contribution in [0, 0.1) is 0 Å². The van der Waals surface area contributed by atoms with Gasteiger partial charge in [0.2, 0.25) is 5.88 Å². The van der Waals surface area contributed by atoms with Gasteiger partial charge in [0, 0.05) is 29.0 Å². The van der Waals surface area contributed by atoms with Crippen molar-refractivity contribution in [3.05, 3.63) is 46.3 Å². The minimum absolute atomic E-state index is 0.502. The number of aromatic nitrogens is 2. The van der Waals surface area contributed by atoms with Gasteiger partial charge in [0.05, 0.1) is 11.2 Å². The second-order valence-corrected chi connectivity index (χ2v) is 4.11. The molecule has 2 heterocycles. The van der Waals surface area contributed by atoms with Crippen LogP contribution in [0.3, 0.4) is 0 Å². The summed E-state index contributed by atoms with van der Waals surface area (Å²) >= 11 is 9.06.